The summed E-state index contributed by atoms with van der Waals surface area (Å²) < 4.78 is 17.0. The second-order valence-electron chi connectivity index (χ2n) is 24.9. The molecule has 0 aliphatic heterocycles. The molecule has 1 unspecified atom stereocenters. The minimum Gasteiger partial charge on any atom is -0.462 e. The molecule has 0 saturated heterocycles. The summed E-state index contributed by atoms with van der Waals surface area (Å²) in [6, 6.07) is 0. The second kappa shape index (κ2) is 70.9. The smallest absolute Gasteiger partial charge is 0.306 e. The molecule has 0 aromatic carbocycles. The van der Waals surface area contributed by atoms with Crippen molar-refractivity contribution in [2.75, 3.05) is 13.2 Å². The number of hydrogen-bond acceptors (Lipinski definition) is 6. The molecule has 0 rings (SSSR count). The van der Waals surface area contributed by atoms with E-state index in [-0.39, 0.29) is 31.1 Å². The van der Waals surface area contributed by atoms with Crippen LogP contribution in [0.15, 0.2) is 48.6 Å². The molecule has 0 aliphatic carbocycles. The van der Waals surface area contributed by atoms with E-state index in [1.165, 1.54) is 283 Å². The van der Waals surface area contributed by atoms with Crippen LogP contribution in [-0.4, -0.2) is 37.2 Å². The Balaban J connectivity index is 4.32. The fraction of sp³-hybridized carbons (Fsp3) is 0.855. The van der Waals surface area contributed by atoms with Gasteiger partial charge in [-0.25, -0.2) is 0 Å². The van der Waals surface area contributed by atoms with Gasteiger partial charge in [-0.2, -0.15) is 0 Å². The number of esters is 3. The number of unbranched alkanes of at least 4 members (excludes halogenated alkanes) is 49. The Morgan fingerprint density at radius 1 is 0.244 bits per heavy atom. The third-order valence-corrected chi connectivity index (χ3v) is 16.6. The summed E-state index contributed by atoms with van der Waals surface area (Å²) in [5, 5.41) is 0. The fourth-order valence-corrected chi connectivity index (χ4v) is 11.0. The van der Waals surface area contributed by atoms with Crippen LogP contribution in [0.3, 0.4) is 0 Å². The first-order chi connectivity index (χ1) is 40.5. The van der Waals surface area contributed by atoms with E-state index in [2.05, 4.69) is 69.4 Å². The van der Waals surface area contributed by atoms with Gasteiger partial charge in [0.1, 0.15) is 13.2 Å². The highest BCUT2D eigenvalue weighted by molar-refractivity contribution is 5.71. The number of rotatable bonds is 68. The number of allylic oxidation sites excluding steroid dienone is 8. The zero-order valence-electron chi connectivity index (χ0n) is 55.3. The Bertz CT molecular complexity index is 1410. The van der Waals surface area contributed by atoms with Gasteiger partial charge in [-0.1, -0.05) is 345 Å². The maximum absolute atomic E-state index is 13.0. The zero-order valence-corrected chi connectivity index (χ0v) is 55.3. The minimum absolute atomic E-state index is 0.0732. The normalized spacial score (nSPS) is 12.3. The topological polar surface area (TPSA) is 78.9 Å². The summed E-state index contributed by atoms with van der Waals surface area (Å²) in [4.78, 5) is 38.5. The van der Waals surface area contributed by atoms with E-state index in [4.69, 9.17) is 14.2 Å². The quantitative estimate of drug-likeness (QED) is 0.0261. The monoisotopic (exact) mass is 1150 g/mol. The molecule has 0 aliphatic rings. The average molecular weight is 1150 g/mol. The highest BCUT2D eigenvalue weighted by atomic mass is 16.6. The van der Waals surface area contributed by atoms with Crippen molar-refractivity contribution in [2.24, 2.45) is 0 Å². The highest BCUT2D eigenvalue weighted by Crippen LogP contribution is 2.18. The van der Waals surface area contributed by atoms with Gasteiger partial charge < -0.3 is 14.2 Å². The Kier molecular flexibility index (Phi) is 68.6. The molecule has 480 valence electrons. The Morgan fingerprint density at radius 2 is 0.439 bits per heavy atom. The van der Waals surface area contributed by atoms with Crippen LogP contribution in [0, 0.1) is 0 Å². The van der Waals surface area contributed by atoms with Crippen LogP contribution in [0.1, 0.15) is 400 Å². The number of ether oxygens (including phenoxy) is 3. The summed E-state index contributed by atoms with van der Waals surface area (Å²) in [6.45, 7) is 6.69. The van der Waals surface area contributed by atoms with Crippen LogP contribution in [0.4, 0.5) is 0 Å². The lowest BCUT2D eigenvalue weighted by molar-refractivity contribution is -0.167. The van der Waals surface area contributed by atoms with Gasteiger partial charge in [-0.3, -0.25) is 14.4 Å². The van der Waals surface area contributed by atoms with Crippen molar-refractivity contribution in [3.05, 3.63) is 48.6 Å². The van der Waals surface area contributed by atoms with Gasteiger partial charge in [0.2, 0.25) is 0 Å². The Morgan fingerprint density at radius 3 is 0.695 bits per heavy atom. The van der Waals surface area contributed by atoms with E-state index < -0.39 is 6.10 Å². The third kappa shape index (κ3) is 68.2. The molecule has 6 heteroatoms. The summed E-state index contributed by atoms with van der Waals surface area (Å²) in [7, 11) is 0. The van der Waals surface area contributed by atoms with Gasteiger partial charge in [-0.15, -0.1) is 0 Å². The van der Waals surface area contributed by atoms with Gasteiger partial charge in [0.15, 0.2) is 6.10 Å². The van der Waals surface area contributed by atoms with Crippen molar-refractivity contribution in [2.45, 2.75) is 406 Å². The Labute approximate surface area is 511 Å². The third-order valence-electron chi connectivity index (χ3n) is 16.6. The molecule has 0 spiro atoms. The molecule has 0 amide bonds. The molecule has 1 atom stereocenters. The molecule has 0 radical (unpaired) electrons. The lowest BCUT2D eigenvalue weighted by atomic mass is 10.0. The van der Waals surface area contributed by atoms with E-state index in [9.17, 15) is 14.4 Å². The molecular weight excluding hydrogens is 1010 g/mol. The SMILES string of the molecule is CCCCCCC/C=C\C/C=C\C/C=C\CCCCCCCCCCC(=O)OC(COC(=O)CCCCCCCCC/C=C\CCCCCCCC)COC(=O)CCCCCCCCCCCCCCCCCCCCCCCCCC. The molecule has 0 saturated carbocycles. The second-order valence-corrected chi connectivity index (χ2v) is 24.9. The van der Waals surface area contributed by atoms with Gasteiger partial charge in [-0.05, 0) is 83.5 Å². The molecule has 0 aromatic heterocycles. The average Bonchev–Trinajstić information content (AvgIpc) is 3.47. The van der Waals surface area contributed by atoms with Crippen LogP contribution in [-0.2, 0) is 28.6 Å². The van der Waals surface area contributed by atoms with E-state index in [1.807, 2.05) is 0 Å². The minimum atomic E-state index is -0.779. The lowest BCUT2D eigenvalue weighted by Crippen LogP contribution is -2.30. The van der Waals surface area contributed by atoms with Crippen LogP contribution < -0.4 is 0 Å². The molecular formula is C76H140O6. The van der Waals surface area contributed by atoms with Gasteiger partial charge in [0.25, 0.3) is 0 Å². The van der Waals surface area contributed by atoms with Gasteiger partial charge in [0, 0.05) is 19.3 Å². The number of carbonyl (C=O) groups excluding carboxylic acids is 3. The molecule has 0 N–H and O–H groups in total. The molecule has 6 nitrogen and oxygen atoms in total. The van der Waals surface area contributed by atoms with Crippen molar-refractivity contribution in [1.29, 1.82) is 0 Å². The fourth-order valence-electron chi connectivity index (χ4n) is 11.0. The van der Waals surface area contributed by atoms with Crippen LogP contribution in [0.25, 0.3) is 0 Å². The van der Waals surface area contributed by atoms with Crippen LogP contribution >= 0.6 is 0 Å². The number of hydrogen-bond donors (Lipinski definition) is 0. The summed E-state index contributed by atoms with van der Waals surface area (Å²) >= 11 is 0. The summed E-state index contributed by atoms with van der Waals surface area (Å²) in [5.74, 6) is -0.856. The molecule has 0 bridgehead atoms. The van der Waals surface area contributed by atoms with E-state index in [0.29, 0.717) is 19.3 Å². The Hall–Kier alpha value is -2.63. The molecule has 0 aromatic rings. The summed E-state index contributed by atoms with van der Waals surface area (Å²) in [6.07, 6.45) is 90.0. The van der Waals surface area contributed by atoms with Crippen molar-refractivity contribution in [3.63, 3.8) is 0 Å². The summed E-state index contributed by atoms with van der Waals surface area (Å²) in [5.41, 5.74) is 0. The first kappa shape index (κ1) is 79.4. The molecule has 82 heavy (non-hydrogen) atoms. The van der Waals surface area contributed by atoms with Crippen LogP contribution in [0.5, 0.6) is 0 Å². The predicted molar refractivity (Wildman–Crippen MR) is 358 cm³/mol. The molecule has 0 fully saturated rings. The highest BCUT2D eigenvalue weighted by Gasteiger charge is 2.19. The van der Waals surface area contributed by atoms with Crippen molar-refractivity contribution in [1.82, 2.24) is 0 Å². The van der Waals surface area contributed by atoms with E-state index >= 15 is 0 Å². The largest absolute Gasteiger partial charge is 0.462 e. The van der Waals surface area contributed by atoms with Crippen molar-refractivity contribution in [3.8, 4) is 0 Å². The maximum atomic E-state index is 13.0. The van der Waals surface area contributed by atoms with Gasteiger partial charge in [0.05, 0.1) is 0 Å². The lowest BCUT2D eigenvalue weighted by Gasteiger charge is -2.18. The van der Waals surface area contributed by atoms with Crippen LogP contribution in [0.2, 0.25) is 0 Å². The maximum Gasteiger partial charge on any atom is 0.306 e. The molecule has 0 heterocycles. The number of carbonyl (C=O) groups is 3. The van der Waals surface area contributed by atoms with Gasteiger partial charge >= 0.3 is 17.9 Å². The standard InChI is InChI=1S/C76H140O6/c1-4-7-10-13-16-19-22-25-28-31-33-35-37-39-40-42-45-48-51-54-57-60-63-66-69-75(78)81-72-73(71-80-74(77)68-65-62-59-56-53-50-47-44-30-27-24-21-18-15-12-9-6-3)82-76(79)70-67-64-61-58-55-52-49-46-43-41-38-36-34-32-29-26-23-20-17-14-11-8-5-2/h23,26-27,30,32,34,38,41,73H,4-22,24-25,28-29,31,33,35-37,39-40,42-72H2,1-3H3/b26-23-,30-27-,34-32-,41-38-. The van der Waals surface area contributed by atoms with E-state index in [1.54, 1.807) is 0 Å². The zero-order chi connectivity index (χ0) is 59.2. The first-order valence-electron chi connectivity index (χ1n) is 36.6. The first-order valence-corrected chi connectivity index (χ1v) is 36.6. The predicted octanol–water partition coefficient (Wildman–Crippen LogP) is 25.3. The van der Waals surface area contributed by atoms with E-state index in [0.717, 1.165) is 77.0 Å². The van der Waals surface area contributed by atoms with Crippen molar-refractivity contribution < 1.29 is 28.6 Å². The van der Waals surface area contributed by atoms with Crippen molar-refractivity contribution >= 4 is 17.9 Å².